The second-order valence-corrected chi connectivity index (χ2v) is 8.13. The summed E-state index contributed by atoms with van der Waals surface area (Å²) in [4.78, 5) is 18.3. The van der Waals surface area contributed by atoms with Crippen LogP contribution in [0, 0.1) is 0 Å². The van der Waals surface area contributed by atoms with Crippen molar-refractivity contribution in [1.29, 1.82) is 0 Å². The SMILES string of the molecule is c1ccc2c(c1)CCN(c1ccc(CNc3cc(N4CCCCC4)ncn3)cn1)C2. The van der Waals surface area contributed by atoms with E-state index in [1.165, 1.54) is 30.4 Å². The van der Waals surface area contributed by atoms with Crippen LogP contribution in [0.4, 0.5) is 17.5 Å². The second kappa shape index (κ2) is 8.69. The van der Waals surface area contributed by atoms with Gasteiger partial charge in [0, 0.05) is 45.0 Å². The van der Waals surface area contributed by atoms with Crippen molar-refractivity contribution < 1.29 is 0 Å². The third-order valence-corrected chi connectivity index (χ3v) is 6.07. The topological polar surface area (TPSA) is 57.2 Å². The summed E-state index contributed by atoms with van der Waals surface area (Å²) in [7, 11) is 0. The van der Waals surface area contributed by atoms with E-state index < -0.39 is 0 Å². The highest BCUT2D eigenvalue weighted by Gasteiger charge is 2.17. The van der Waals surface area contributed by atoms with Crippen LogP contribution in [0.1, 0.15) is 36.0 Å². The van der Waals surface area contributed by atoms with Crippen molar-refractivity contribution in [3.8, 4) is 0 Å². The molecule has 1 aromatic carbocycles. The monoisotopic (exact) mass is 400 g/mol. The minimum Gasteiger partial charge on any atom is -0.366 e. The van der Waals surface area contributed by atoms with Crippen LogP contribution < -0.4 is 15.1 Å². The first-order chi connectivity index (χ1) is 14.8. The fourth-order valence-corrected chi connectivity index (χ4v) is 4.33. The zero-order valence-corrected chi connectivity index (χ0v) is 17.3. The van der Waals surface area contributed by atoms with Crippen LogP contribution in [0.2, 0.25) is 0 Å². The highest BCUT2D eigenvalue weighted by molar-refractivity contribution is 5.49. The Bertz CT molecular complexity index is 981. The van der Waals surface area contributed by atoms with E-state index in [1.54, 1.807) is 6.33 Å². The number of rotatable bonds is 5. The van der Waals surface area contributed by atoms with Crippen LogP contribution in [0.15, 0.2) is 55.0 Å². The number of hydrogen-bond donors (Lipinski definition) is 1. The van der Waals surface area contributed by atoms with Crippen LogP contribution in [0.25, 0.3) is 0 Å². The molecule has 0 amide bonds. The van der Waals surface area contributed by atoms with Gasteiger partial charge in [-0.15, -0.1) is 0 Å². The minimum atomic E-state index is 0.701. The summed E-state index contributed by atoms with van der Waals surface area (Å²) in [5, 5.41) is 3.42. The zero-order chi connectivity index (χ0) is 20.2. The van der Waals surface area contributed by atoms with E-state index in [2.05, 4.69) is 67.5 Å². The Morgan fingerprint density at radius 1 is 0.800 bits per heavy atom. The van der Waals surface area contributed by atoms with Gasteiger partial charge < -0.3 is 15.1 Å². The second-order valence-electron chi connectivity index (χ2n) is 8.13. The van der Waals surface area contributed by atoms with Crippen molar-refractivity contribution in [3.63, 3.8) is 0 Å². The summed E-state index contributed by atoms with van der Waals surface area (Å²) in [6, 6.07) is 15.0. The molecule has 2 aliphatic rings. The lowest BCUT2D eigenvalue weighted by atomic mass is 10.00. The van der Waals surface area contributed by atoms with Gasteiger partial charge in [0.25, 0.3) is 0 Å². The van der Waals surface area contributed by atoms with Gasteiger partial charge in [-0.25, -0.2) is 15.0 Å². The standard InChI is InChI=1S/C24H28N6/c1-4-11-29(12-5-1)24-14-22(27-18-28-24)25-15-19-8-9-23(26-16-19)30-13-10-20-6-2-3-7-21(20)17-30/h2-3,6-9,14,16,18H,1,4-5,10-13,15,17H2,(H,25,27,28). The number of pyridine rings is 1. The molecule has 3 aromatic rings. The first-order valence-corrected chi connectivity index (χ1v) is 10.9. The first-order valence-electron chi connectivity index (χ1n) is 10.9. The molecule has 0 atom stereocenters. The van der Waals surface area contributed by atoms with Gasteiger partial charge >= 0.3 is 0 Å². The van der Waals surface area contributed by atoms with Gasteiger partial charge in [-0.1, -0.05) is 30.3 Å². The summed E-state index contributed by atoms with van der Waals surface area (Å²) >= 11 is 0. The molecule has 0 aliphatic carbocycles. The van der Waals surface area contributed by atoms with Crippen molar-refractivity contribution in [3.05, 3.63) is 71.7 Å². The molecule has 6 heteroatoms. The van der Waals surface area contributed by atoms with Crippen LogP contribution >= 0.6 is 0 Å². The average molecular weight is 401 g/mol. The molecule has 1 N–H and O–H groups in total. The number of aromatic nitrogens is 3. The molecule has 2 aromatic heterocycles. The van der Waals surface area contributed by atoms with Crippen LogP contribution in [-0.2, 0) is 19.5 Å². The van der Waals surface area contributed by atoms with Gasteiger partial charge in [0.15, 0.2) is 0 Å². The molecular formula is C24H28N6. The van der Waals surface area contributed by atoms with Crippen LogP contribution in [-0.4, -0.2) is 34.6 Å². The maximum Gasteiger partial charge on any atom is 0.134 e. The summed E-state index contributed by atoms with van der Waals surface area (Å²) in [5.74, 6) is 2.93. The number of benzene rings is 1. The van der Waals surface area contributed by atoms with Crippen molar-refractivity contribution in [1.82, 2.24) is 15.0 Å². The molecule has 0 spiro atoms. The van der Waals surface area contributed by atoms with Gasteiger partial charge in [0.2, 0.25) is 0 Å². The molecule has 6 nitrogen and oxygen atoms in total. The summed E-state index contributed by atoms with van der Waals surface area (Å²) < 4.78 is 0. The fourth-order valence-electron chi connectivity index (χ4n) is 4.33. The predicted octanol–water partition coefficient (Wildman–Crippen LogP) is 4.04. The van der Waals surface area contributed by atoms with Crippen molar-refractivity contribution in [2.24, 2.45) is 0 Å². The molecule has 30 heavy (non-hydrogen) atoms. The number of nitrogens with one attached hydrogen (secondary N) is 1. The average Bonchev–Trinajstić information content (AvgIpc) is 2.83. The fraction of sp³-hybridized carbons (Fsp3) is 0.375. The smallest absolute Gasteiger partial charge is 0.134 e. The Balaban J connectivity index is 1.20. The third kappa shape index (κ3) is 4.22. The molecule has 0 radical (unpaired) electrons. The van der Waals surface area contributed by atoms with E-state index in [-0.39, 0.29) is 0 Å². The van der Waals surface area contributed by atoms with Gasteiger partial charge in [0.1, 0.15) is 23.8 Å². The van der Waals surface area contributed by atoms with E-state index in [0.717, 1.165) is 55.6 Å². The first kappa shape index (κ1) is 18.9. The molecule has 154 valence electrons. The Morgan fingerprint density at radius 2 is 1.67 bits per heavy atom. The zero-order valence-electron chi connectivity index (χ0n) is 17.3. The van der Waals surface area contributed by atoms with E-state index in [4.69, 9.17) is 4.98 Å². The van der Waals surface area contributed by atoms with Gasteiger partial charge in [-0.2, -0.15) is 0 Å². The lowest BCUT2D eigenvalue weighted by Gasteiger charge is -2.29. The highest BCUT2D eigenvalue weighted by atomic mass is 15.2. The highest BCUT2D eigenvalue weighted by Crippen LogP contribution is 2.23. The molecular weight excluding hydrogens is 372 g/mol. The van der Waals surface area contributed by atoms with Crippen molar-refractivity contribution >= 4 is 17.5 Å². The Kier molecular flexibility index (Phi) is 5.46. The predicted molar refractivity (Wildman–Crippen MR) is 121 cm³/mol. The lowest BCUT2D eigenvalue weighted by molar-refractivity contribution is 0.573. The Morgan fingerprint density at radius 3 is 2.50 bits per heavy atom. The van der Waals surface area contributed by atoms with Crippen molar-refractivity contribution in [2.75, 3.05) is 34.8 Å². The molecule has 1 saturated heterocycles. The molecule has 0 unspecified atom stereocenters. The number of hydrogen-bond acceptors (Lipinski definition) is 6. The lowest BCUT2D eigenvalue weighted by Crippen LogP contribution is -2.30. The number of nitrogens with zero attached hydrogens (tertiary/aromatic N) is 5. The molecule has 0 bridgehead atoms. The molecule has 0 saturated carbocycles. The van der Waals surface area contributed by atoms with Gasteiger partial charge in [-0.3, -0.25) is 0 Å². The molecule has 5 rings (SSSR count). The number of fused-ring (bicyclic) bond motifs is 1. The van der Waals surface area contributed by atoms with Crippen LogP contribution in [0.3, 0.4) is 0 Å². The molecule has 2 aliphatic heterocycles. The van der Waals surface area contributed by atoms with E-state index >= 15 is 0 Å². The molecule has 4 heterocycles. The van der Waals surface area contributed by atoms with Crippen molar-refractivity contribution in [2.45, 2.75) is 38.8 Å². The quantitative estimate of drug-likeness (QED) is 0.698. The maximum atomic E-state index is 4.72. The molecule has 1 fully saturated rings. The Hall–Kier alpha value is -3.15. The number of anilines is 3. The maximum absolute atomic E-state index is 4.72. The summed E-state index contributed by atoms with van der Waals surface area (Å²) in [6.45, 7) is 4.82. The third-order valence-electron chi connectivity index (χ3n) is 6.07. The van der Waals surface area contributed by atoms with E-state index in [0.29, 0.717) is 6.54 Å². The normalized spacial score (nSPS) is 16.3. The number of piperidine rings is 1. The Labute approximate surface area is 178 Å². The minimum absolute atomic E-state index is 0.701. The van der Waals surface area contributed by atoms with Crippen LogP contribution in [0.5, 0.6) is 0 Å². The summed E-state index contributed by atoms with van der Waals surface area (Å²) in [5.41, 5.74) is 4.02. The summed E-state index contributed by atoms with van der Waals surface area (Å²) in [6.07, 6.45) is 8.51. The van der Waals surface area contributed by atoms with Gasteiger partial charge in [0.05, 0.1) is 0 Å². The van der Waals surface area contributed by atoms with E-state index in [1.807, 2.05) is 6.20 Å². The largest absolute Gasteiger partial charge is 0.366 e. The van der Waals surface area contributed by atoms with E-state index in [9.17, 15) is 0 Å². The van der Waals surface area contributed by atoms with Gasteiger partial charge in [-0.05, 0) is 48.4 Å².